The van der Waals surface area contributed by atoms with Crippen LogP contribution in [-0.4, -0.2) is 19.5 Å². The van der Waals surface area contributed by atoms with Crippen LogP contribution in [0.1, 0.15) is 31.9 Å². The number of hydrogen-bond acceptors (Lipinski definition) is 3. The summed E-state index contributed by atoms with van der Waals surface area (Å²) >= 11 is 0. The van der Waals surface area contributed by atoms with E-state index in [2.05, 4.69) is 55.7 Å². The van der Waals surface area contributed by atoms with Crippen LogP contribution in [0.25, 0.3) is 72.8 Å². The molecule has 0 unspecified atom stereocenters. The predicted molar refractivity (Wildman–Crippen MR) is 200 cm³/mol. The minimum Gasteiger partial charge on any atom is -0.309 e. The number of para-hydroxylation sites is 1. The van der Waals surface area contributed by atoms with Crippen molar-refractivity contribution in [3.05, 3.63) is 157 Å². The van der Waals surface area contributed by atoms with E-state index in [1.807, 2.05) is 91.0 Å². The van der Waals surface area contributed by atoms with Gasteiger partial charge in [0.25, 0.3) is 0 Å². The first kappa shape index (κ1) is 32.1. The second-order valence-corrected chi connectivity index (χ2v) is 13.7. The highest BCUT2D eigenvalue weighted by atomic mass is 19.4. The van der Waals surface area contributed by atoms with Crippen LogP contribution in [0.5, 0.6) is 0 Å². The third kappa shape index (κ3) is 6.05. The van der Waals surface area contributed by atoms with Crippen molar-refractivity contribution >= 4 is 21.8 Å². The second kappa shape index (κ2) is 12.4. The predicted octanol–water partition coefficient (Wildman–Crippen LogP) is 12.0. The van der Waals surface area contributed by atoms with Gasteiger partial charge in [-0.2, -0.15) is 13.2 Å². The van der Waals surface area contributed by atoms with E-state index in [0.717, 1.165) is 44.7 Å². The van der Waals surface area contributed by atoms with E-state index in [4.69, 9.17) is 15.0 Å². The molecule has 0 aliphatic heterocycles. The highest BCUT2D eigenvalue weighted by Gasteiger charge is 2.31. The van der Waals surface area contributed by atoms with Crippen LogP contribution in [0.4, 0.5) is 13.2 Å². The van der Waals surface area contributed by atoms with E-state index in [1.165, 1.54) is 17.7 Å². The fraction of sp³-hybridized carbons (Fsp3) is 0.114. The number of alkyl halides is 3. The average Bonchev–Trinajstić information content (AvgIpc) is 3.48. The van der Waals surface area contributed by atoms with Gasteiger partial charge in [0.2, 0.25) is 0 Å². The van der Waals surface area contributed by atoms with Crippen molar-refractivity contribution in [2.24, 2.45) is 0 Å². The molecule has 6 aromatic carbocycles. The monoisotopic (exact) mass is 674 g/mol. The molecule has 0 spiro atoms. The Morgan fingerprint density at radius 1 is 0.451 bits per heavy atom. The molecule has 0 N–H and O–H groups in total. The van der Waals surface area contributed by atoms with Gasteiger partial charge >= 0.3 is 6.18 Å². The molecule has 0 atom stereocenters. The van der Waals surface area contributed by atoms with E-state index in [1.54, 1.807) is 6.07 Å². The Bertz CT molecular complexity index is 2490. The molecule has 51 heavy (non-hydrogen) atoms. The van der Waals surface area contributed by atoms with Crippen LogP contribution >= 0.6 is 0 Å². The summed E-state index contributed by atoms with van der Waals surface area (Å²) in [6.07, 6.45) is -4.52. The van der Waals surface area contributed by atoms with Crippen LogP contribution in [0.3, 0.4) is 0 Å². The van der Waals surface area contributed by atoms with Gasteiger partial charge in [-0.3, -0.25) is 0 Å². The van der Waals surface area contributed by atoms with Gasteiger partial charge in [-0.15, -0.1) is 0 Å². The molecule has 0 saturated carbocycles. The largest absolute Gasteiger partial charge is 0.416 e. The number of fused-ring (bicyclic) bond motifs is 3. The minimum absolute atomic E-state index is 0.0892. The summed E-state index contributed by atoms with van der Waals surface area (Å²) in [7, 11) is 0. The lowest BCUT2D eigenvalue weighted by molar-refractivity contribution is -0.137. The number of benzene rings is 6. The van der Waals surface area contributed by atoms with Crippen molar-refractivity contribution in [2.45, 2.75) is 32.4 Å². The van der Waals surface area contributed by atoms with Gasteiger partial charge < -0.3 is 4.57 Å². The lowest BCUT2D eigenvalue weighted by atomic mass is 9.86. The molecule has 0 aliphatic carbocycles. The summed E-state index contributed by atoms with van der Waals surface area (Å²) in [6, 6.07) is 45.3. The smallest absolute Gasteiger partial charge is 0.309 e. The fourth-order valence-corrected chi connectivity index (χ4v) is 6.61. The van der Waals surface area contributed by atoms with Gasteiger partial charge in [0.1, 0.15) is 0 Å². The summed E-state index contributed by atoms with van der Waals surface area (Å²) in [6.45, 7) is 6.55. The number of nitrogens with zero attached hydrogens (tertiary/aromatic N) is 4. The number of rotatable bonds is 5. The molecule has 250 valence electrons. The van der Waals surface area contributed by atoms with E-state index in [0.29, 0.717) is 34.2 Å². The maximum absolute atomic E-state index is 14.1. The highest BCUT2D eigenvalue weighted by molar-refractivity contribution is 6.09. The van der Waals surface area contributed by atoms with Crippen LogP contribution < -0.4 is 0 Å². The van der Waals surface area contributed by atoms with Gasteiger partial charge in [0.15, 0.2) is 17.5 Å². The molecule has 8 rings (SSSR count). The first-order valence-electron chi connectivity index (χ1n) is 16.8. The summed E-state index contributed by atoms with van der Waals surface area (Å²) in [4.78, 5) is 14.7. The first-order valence-corrected chi connectivity index (χ1v) is 16.8. The third-order valence-corrected chi connectivity index (χ3v) is 9.24. The van der Waals surface area contributed by atoms with Crippen LogP contribution in [0, 0.1) is 0 Å². The maximum Gasteiger partial charge on any atom is 0.416 e. The van der Waals surface area contributed by atoms with Crippen LogP contribution in [0.15, 0.2) is 146 Å². The van der Waals surface area contributed by atoms with Gasteiger partial charge in [-0.25, -0.2) is 15.0 Å². The Morgan fingerprint density at radius 2 is 1.04 bits per heavy atom. The Morgan fingerprint density at radius 3 is 1.69 bits per heavy atom. The highest BCUT2D eigenvalue weighted by Crippen LogP contribution is 2.40. The zero-order valence-corrected chi connectivity index (χ0v) is 28.3. The first-order chi connectivity index (χ1) is 24.5. The summed E-state index contributed by atoms with van der Waals surface area (Å²) < 4.78 is 44.6. The lowest BCUT2D eigenvalue weighted by Crippen LogP contribution is -2.10. The minimum atomic E-state index is -4.52. The van der Waals surface area contributed by atoms with Crippen LogP contribution in [0.2, 0.25) is 0 Å². The van der Waals surface area contributed by atoms with Gasteiger partial charge in [-0.1, -0.05) is 124 Å². The Hall–Kier alpha value is -6.08. The van der Waals surface area contributed by atoms with Gasteiger partial charge in [0, 0.05) is 33.2 Å². The SMILES string of the molecule is CC(C)(C)c1ccc2c3ccccc3n(-c3ccc(-c4nc(-c5ccccc5)nc(-c5ccccc5)n4)c(-c4cccc(C(F)(F)F)c4)c3)c2c1. The Balaban J connectivity index is 1.42. The van der Waals surface area contributed by atoms with Gasteiger partial charge in [0.05, 0.1) is 16.6 Å². The third-order valence-electron chi connectivity index (χ3n) is 9.24. The molecule has 0 bridgehead atoms. The summed E-state index contributed by atoms with van der Waals surface area (Å²) in [5, 5.41) is 2.19. The molecule has 7 heteroatoms. The van der Waals surface area contributed by atoms with Crippen LogP contribution in [-0.2, 0) is 11.6 Å². The van der Waals surface area contributed by atoms with E-state index in [9.17, 15) is 13.2 Å². The summed E-state index contributed by atoms with van der Waals surface area (Å²) in [5.41, 5.74) is 6.36. The number of hydrogen-bond donors (Lipinski definition) is 0. The van der Waals surface area contributed by atoms with Gasteiger partial charge in [-0.05, 0) is 64.6 Å². The van der Waals surface area contributed by atoms with E-state index >= 15 is 0 Å². The lowest BCUT2D eigenvalue weighted by Gasteiger charge is -2.20. The second-order valence-electron chi connectivity index (χ2n) is 13.7. The fourth-order valence-electron chi connectivity index (χ4n) is 6.61. The molecule has 0 radical (unpaired) electrons. The Labute approximate surface area is 293 Å². The zero-order valence-electron chi connectivity index (χ0n) is 28.3. The molecule has 0 fully saturated rings. The molecule has 0 aliphatic rings. The number of halogens is 3. The molecular weight excluding hydrogens is 642 g/mol. The van der Waals surface area contributed by atoms with Crippen molar-refractivity contribution in [2.75, 3.05) is 0 Å². The number of aromatic nitrogens is 4. The van der Waals surface area contributed by atoms with Crippen molar-refractivity contribution in [3.63, 3.8) is 0 Å². The van der Waals surface area contributed by atoms with E-state index in [-0.39, 0.29) is 5.41 Å². The zero-order chi connectivity index (χ0) is 35.3. The molecule has 8 aromatic rings. The molecule has 2 heterocycles. The molecule has 2 aromatic heterocycles. The quantitative estimate of drug-likeness (QED) is 0.182. The van der Waals surface area contributed by atoms with Crippen molar-refractivity contribution < 1.29 is 13.2 Å². The Kier molecular flexibility index (Phi) is 7.79. The van der Waals surface area contributed by atoms with Crippen molar-refractivity contribution in [1.29, 1.82) is 0 Å². The topological polar surface area (TPSA) is 43.6 Å². The average molecular weight is 675 g/mol. The molecule has 0 amide bonds. The van der Waals surface area contributed by atoms with Crippen molar-refractivity contribution in [3.8, 4) is 51.0 Å². The molecule has 4 nitrogen and oxygen atoms in total. The van der Waals surface area contributed by atoms with Crippen molar-refractivity contribution in [1.82, 2.24) is 19.5 Å². The van der Waals surface area contributed by atoms with E-state index < -0.39 is 11.7 Å². The standard InChI is InChI=1S/C44H33F3N4/c1-43(2,3)31-21-23-35-34-19-10-11-20-38(34)51(39(35)26-31)33-22-24-36(37(27-33)30-17-12-18-32(25-30)44(45,46)47)42-49-40(28-13-6-4-7-14-28)48-41(50-42)29-15-8-5-9-16-29/h4-27H,1-3H3. The molecular formula is C44H33F3N4. The molecule has 0 saturated heterocycles. The summed E-state index contributed by atoms with van der Waals surface area (Å²) in [5.74, 6) is 1.30. The normalized spacial score (nSPS) is 12.1. The maximum atomic E-state index is 14.1.